The molecule has 0 aliphatic heterocycles. The van der Waals surface area contributed by atoms with E-state index in [1.165, 1.54) is 0 Å². The summed E-state index contributed by atoms with van der Waals surface area (Å²) in [4.78, 5) is 2.28. The van der Waals surface area contributed by atoms with Gasteiger partial charge >= 0.3 is 9.28 Å². The summed E-state index contributed by atoms with van der Waals surface area (Å²) in [5.41, 5.74) is 0. The zero-order valence-corrected chi connectivity index (χ0v) is 16.6. The fourth-order valence-corrected chi connectivity index (χ4v) is 4.32. The zero-order chi connectivity index (χ0) is 16.8. The lowest BCUT2D eigenvalue weighted by atomic mass is 10.3. The van der Waals surface area contributed by atoms with Gasteiger partial charge in [0, 0.05) is 33.0 Å². The molecule has 2 atom stereocenters. The first kappa shape index (κ1) is 22.0. The molecule has 0 heterocycles. The fourth-order valence-electron chi connectivity index (χ4n) is 2.53. The standard InChI is InChI=1S/C16H37NO4Si/c1-7-18-15(5)17(16(6)19-8-2)13-11-12-14-22(20-9-3)21-10-4/h15-16,22H,7-14H2,1-6H3. The maximum Gasteiger partial charge on any atom is 0.321 e. The van der Waals surface area contributed by atoms with Crippen LogP contribution in [0.15, 0.2) is 0 Å². The molecule has 0 amide bonds. The summed E-state index contributed by atoms with van der Waals surface area (Å²) in [7, 11) is -1.45. The lowest BCUT2D eigenvalue weighted by Crippen LogP contribution is -2.43. The van der Waals surface area contributed by atoms with Crippen molar-refractivity contribution in [3.63, 3.8) is 0 Å². The Kier molecular flexibility index (Phi) is 14.6. The Hall–Kier alpha value is 0.0169. The largest absolute Gasteiger partial charge is 0.397 e. The molecule has 0 aromatic carbocycles. The van der Waals surface area contributed by atoms with E-state index in [2.05, 4.69) is 18.7 Å². The monoisotopic (exact) mass is 335 g/mol. The number of rotatable bonds is 15. The molecule has 0 saturated carbocycles. The molecule has 0 aromatic heterocycles. The van der Waals surface area contributed by atoms with E-state index >= 15 is 0 Å². The van der Waals surface area contributed by atoms with Crippen LogP contribution in [0, 0.1) is 0 Å². The van der Waals surface area contributed by atoms with Crippen LogP contribution in [-0.2, 0) is 18.3 Å². The molecule has 0 saturated heterocycles. The third-order valence-electron chi connectivity index (χ3n) is 3.56. The van der Waals surface area contributed by atoms with Crippen LogP contribution in [0.1, 0.15) is 54.4 Å². The topological polar surface area (TPSA) is 40.2 Å². The summed E-state index contributed by atoms with van der Waals surface area (Å²) in [6, 6.07) is 1.07. The molecule has 0 radical (unpaired) electrons. The number of hydrogen-bond acceptors (Lipinski definition) is 5. The van der Waals surface area contributed by atoms with Crippen molar-refractivity contribution in [1.82, 2.24) is 4.90 Å². The molecular weight excluding hydrogens is 298 g/mol. The number of hydrogen-bond donors (Lipinski definition) is 0. The van der Waals surface area contributed by atoms with Gasteiger partial charge in [-0.05, 0) is 54.0 Å². The van der Waals surface area contributed by atoms with E-state index in [0.29, 0.717) is 0 Å². The fraction of sp³-hybridized carbons (Fsp3) is 1.00. The van der Waals surface area contributed by atoms with E-state index in [4.69, 9.17) is 18.3 Å². The Balaban J connectivity index is 4.20. The molecule has 0 rings (SSSR count). The molecule has 134 valence electrons. The van der Waals surface area contributed by atoms with Gasteiger partial charge < -0.3 is 18.3 Å². The quantitative estimate of drug-likeness (QED) is 0.261. The van der Waals surface area contributed by atoms with E-state index in [1.54, 1.807) is 0 Å². The van der Waals surface area contributed by atoms with Crippen LogP contribution in [-0.4, -0.2) is 59.6 Å². The van der Waals surface area contributed by atoms with Gasteiger partial charge in [-0.3, -0.25) is 4.90 Å². The van der Waals surface area contributed by atoms with E-state index < -0.39 is 9.28 Å². The predicted octanol–water partition coefficient (Wildman–Crippen LogP) is 3.13. The van der Waals surface area contributed by atoms with Crippen molar-refractivity contribution in [2.75, 3.05) is 33.0 Å². The highest BCUT2D eigenvalue weighted by Crippen LogP contribution is 2.12. The molecule has 2 unspecified atom stereocenters. The molecular formula is C16H37NO4Si. The Morgan fingerprint density at radius 3 is 1.68 bits per heavy atom. The second-order valence-electron chi connectivity index (χ2n) is 5.18. The van der Waals surface area contributed by atoms with Crippen LogP contribution in [0.2, 0.25) is 6.04 Å². The number of ether oxygens (including phenoxy) is 2. The van der Waals surface area contributed by atoms with Crippen LogP contribution >= 0.6 is 0 Å². The van der Waals surface area contributed by atoms with Gasteiger partial charge in [0.1, 0.15) is 12.5 Å². The van der Waals surface area contributed by atoms with E-state index in [9.17, 15) is 0 Å². The minimum Gasteiger partial charge on any atom is -0.397 e. The minimum atomic E-state index is -1.45. The Bertz CT molecular complexity index is 228. The maximum absolute atomic E-state index is 5.73. The maximum atomic E-state index is 5.73. The van der Waals surface area contributed by atoms with Gasteiger partial charge in [0.05, 0.1) is 0 Å². The second kappa shape index (κ2) is 14.6. The SMILES string of the molecule is CCOC(C)N(CCCC[SiH](OCC)OCC)C(C)OCC. The van der Waals surface area contributed by atoms with Crippen molar-refractivity contribution < 1.29 is 18.3 Å². The smallest absolute Gasteiger partial charge is 0.321 e. The first-order valence-electron chi connectivity index (χ1n) is 8.82. The summed E-state index contributed by atoms with van der Waals surface area (Å²) in [5, 5.41) is 0. The second-order valence-corrected chi connectivity index (χ2v) is 7.29. The van der Waals surface area contributed by atoms with Gasteiger partial charge in [0.25, 0.3) is 0 Å². The molecule has 22 heavy (non-hydrogen) atoms. The number of nitrogens with zero attached hydrogens (tertiary/aromatic N) is 1. The lowest BCUT2D eigenvalue weighted by Gasteiger charge is -2.33. The number of unbranched alkanes of at least 4 members (excludes halogenated alkanes) is 1. The third kappa shape index (κ3) is 9.92. The highest BCUT2D eigenvalue weighted by Gasteiger charge is 2.20. The van der Waals surface area contributed by atoms with Crippen molar-refractivity contribution in [1.29, 1.82) is 0 Å². The highest BCUT2D eigenvalue weighted by molar-refractivity contribution is 6.44. The first-order valence-corrected chi connectivity index (χ1v) is 10.6. The minimum absolute atomic E-state index is 0.0818. The van der Waals surface area contributed by atoms with Crippen molar-refractivity contribution in [2.24, 2.45) is 0 Å². The first-order chi connectivity index (χ1) is 10.6. The molecule has 0 bridgehead atoms. The van der Waals surface area contributed by atoms with Crippen molar-refractivity contribution in [2.45, 2.75) is 72.9 Å². The molecule has 0 aromatic rings. The lowest BCUT2D eigenvalue weighted by molar-refractivity contribution is -0.136. The van der Waals surface area contributed by atoms with Gasteiger partial charge in [-0.15, -0.1) is 0 Å². The van der Waals surface area contributed by atoms with E-state index in [1.807, 2.05) is 27.7 Å². The highest BCUT2D eigenvalue weighted by atomic mass is 28.3. The Morgan fingerprint density at radius 2 is 1.27 bits per heavy atom. The molecule has 0 aliphatic rings. The van der Waals surface area contributed by atoms with Crippen molar-refractivity contribution in [3.05, 3.63) is 0 Å². The Morgan fingerprint density at radius 1 is 0.773 bits per heavy atom. The van der Waals surface area contributed by atoms with E-state index in [0.717, 1.165) is 51.9 Å². The molecule has 6 heteroatoms. The van der Waals surface area contributed by atoms with Gasteiger partial charge in [0.15, 0.2) is 0 Å². The van der Waals surface area contributed by atoms with Crippen LogP contribution in [0.4, 0.5) is 0 Å². The Labute approximate surface area is 139 Å². The zero-order valence-electron chi connectivity index (χ0n) is 15.5. The van der Waals surface area contributed by atoms with Crippen molar-refractivity contribution >= 4 is 9.28 Å². The van der Waals surface area contributed by atoms with Crippen molar-refractivity contribution in [3.8, 4) is 0 Å². The average Bonchev–Trinajstić information content (AvgIpc) is 2.47. The molecule has 0 fully saturated rings. The van der Waals surface area contributed by atoms with Crippen LogP contribution < -0.4 is 0 Å². The third-order valence-corrected chi connectivity index (χ3v) is 5.85. The van der Waals surface area contributed by atoms with Gasteiger partial charge in [-0.2, -0.15) is 0 Å². The van der Waals surface area contributed by atoms with Crippen LogP contribution in [0.5, 0.6) is 0 Å². The normalized spacial score (nSPS) is 14.7. The van der Waals surface area contributed by atoms with Gasteiger partial charge in [-0.25, -0.2) is 0 Å². The molecule has 0 N–H and O–H groups in total. The molecule has 0 spiro atoms. The van der Waals surface area contributed by atoms with E-state index in [-0.39, 0.29) is 12.5 Å². The summed E-state index contributed by atoms with van der Waals surface area (Å²) in [6.07, 6.45) is 2.40. The summed E-state index contributed by atoms with van der Waals surface area (Å²) >= 11 is 0. The summed E-state index contributed by atoms with van der Waals surface area (Å²) in [5.74, 6) is 0. The van der Waals surface area contributed by atoms with Gasteiger partial charge in [-0.1, -0.05) is 6.42 Å². The average molecular weight is 336 g/mol. The predicted molar refractivity (Wildman–Crippen MR) is 93.3 cm³/mol. The van der Waals surface area contributed by atoms with Crippen LogP contribution in [0.3, 0.4) is 0 Å². The molecule has 0 aliphatic carbocycles. The summed E-state index contributed by atoms with van der Waals surface area (Å²) < 4.78 is 22.9. The van der Waals surface area contributed by atoms with Crippen LogP contribution in [0.25, 0.3) is 0 Å². The van der Waals surface area contributed by atoms with Gasteiger partial charge in [0.2, 0.25) is 0 Å². The molecule has 5 nitrogen and oxygen atoms in total. The summed E-state index contributed by atoms with van der Waals surface area (Å²) in [6.45, 7) is 16.2.